The first-order chi connectivity index (χ1) is 12.0. The van der Waals surface area contributed by atoms with E-state index in [9.17, 15) is 14.0 Å². The van der Waals surface area contributed by atoms with Gasteiger partial charge in [0.15, 0.2) is 0 Å². The van der Waals surface area contributed by atoms with Crippen molar-refractivity contribution in [1.29, 1.82) is 0 Å². The van der Waals surface area contributed by atoms with E-state index in [2.05, 4.69) is 5.32 Å². The number of nitrogens with one attached hydrogen (secondary N) is 1. The van der Waals surface area contributed by atoms with E-state index in [-0.39, 0.29) is 18.1 Å². The predicted octanol–water partition coefficient (Wildman–Crippen LogP) is 2.86. The molecular formula is C19H21FN2O3. The van der Waals surface area contributed by atoms with Gasteiger partial charge in [0.2, 0.25) is 11.8 Å². The molecule has 0 saturated carbocycles. The number of nitrogens with zero attached hydrogens (tertiary/aromatic N) is 1. The molecule has 0 radical (unpaired) electrons. The van der Waals surface area contributed by atoms with E-state index < -0.39 is 11.7 Å². The number of hydrogen-bond acceptors (Lipinski definition) is 3. The molecule has 0 saturated heterocycles. The van der Waals surface area contributed by atoms with Gasteiger partial charge in [-0.2, -0.15) is 0 Å². The Hall–Kier alpha value is -2.89. The van der Waals surface area contributed by atoms with Crippen LogP contribution >= 0.6 is 0 Å². The number of halogens is 1. The van der Waals surface area contributed by atoms with Crippen LogP contribution in [0, 0.1) is 5.82 Å². The summed E-state index contributed by atoms with van der Waals surface area (Å²) in [5.74, 6) is -0.396. The van der Waals surface area contributed by atoms with Gasteiger partial charge in [-0.15, -0.1) is 0 Å². The van der Waals surface area contributed by atoms with Gasteiger partial charge in [0.25, 0.3) is 0 Å². The Morgan fingerprint density at radius 1 is 1.12 bits per heavy atom. The van der Waals surface area contributed by atoms with E-state index in [0.717, 1.165) is 11.3 Å². The fourth-order valence-corrected chi connectivity index (χ4v) is 2.33. The number of carbonyl (C=O) groups is 2. The quantitative estimate of drug-likeness (QED) is 0.840. The van der Waals surface area contributed by atoms with Crippen LogP contribution in [0.1, 0.15) is 12.5 Å². The van der Waals surface area contributed by atoms with Crippen LogP contribution in [0.2, 0.25) is 0 Å². The van der Waals surface area contributed by atoms with Crippen molar-refractivity contribution in [1.82, 2.24) is 4.90 Å². The predicted molar refractivity (Wildman–Crippen MR) is 94.0 cm³/mol. The molecule has 2 aromatic carbocycles. The van der Waals surface area contributed by atoms with Gasteiger partial charge in [-0.1, -0.05) is 24.3 Å². The molecule has 0 bridgehead atoms. The van der Waals surface area contributed by atoms with E-state index in [1.165, 1.54) is 24.0 Å². The minimum absolute atomic E-state index is 0.103. The van der Waals surface area contributed by atoms with E-state index in [1.807, 2.05) is 24.3 Å². The molecule has 0 aliphatic rings. The lowest BCUT2D eigenvalue weighted by Gasteiger charge is -2.20. The highest BCUT2D eigenvalue weighted by Crippen LogP contribution is 2.13. The van der Waals surface area contributed by atoms with Crippen molar-refractivity contribution in [2.75, 3.05) is 25.5 Å². The smallest absolute Gasteiger partial charge is 0.244 e. The molecular weight excluding hydrogens is 323 g/mol. The van der Waals surface area contributed by atoms with E-state index in [0.29, 0.717) is 13.0 Å². The van der Waals surface area contributed by atoms with E-state index in [1.54, 1.807) is 19.2 Å². The molecule has 2 rings (SSSR count). The molecule has 0 heterocycles. The van der Waals surface area contributed by atoms with Crippen molar-refractivity contribution < 1.29 is 18.7 Å². The molecule has 5 nitrogen and oxygen atoms in total. The van der Waals surface area contributed by atoms with Gasteiger partial charge in [-0.05, 0) is 36.2 Å². The first-order valence-electron chi connectivity index (χ1n) is 7.92. The molecule has 1 N–H and O–H groups in total. The van der Waals surface area contributed by atoms with Gasteiger partial charge in [0.05, 0.1) is 19.3 Å². The molecule has 6 heteroatoms. The highest BCUT2D eigenvalue weighted by Gasteiger charge is 2.15. The maximum Gasteiger partial charge on any atom is 0.244 e. The van der Waals surface area contributed by atoms with Gasteiger partial charge < -0.3 is 15.0 Å². The lowest BCUT2D eigenvalue weighted by molar-refractivity contribution is -0.132. The van der Waals surface area contributed by atoms with Gasteiger partial charge in [0.1, 0.15) is 11.6 Å². The second-order valence-corrected chi connectivity index (χ2v) is 5.57. The summed E-state index contributed by atoms with van der Waals surface area (Å²) in [6.07, 6.45) is 0.608. The molecule has 0 unspecified atom stereocenters. The Morgan fingerprint density at radius 2 is 1.80 bits per heavy atom. The molecule has 2 aromatic rings. The summed E-state index contributed by atoms with van der Waals surface area (Å²) in [6, 6.07) is 13.4. The fourth-order valence-electron chi connectivity index (χ4n) is 2.33. The van der Waals surface area contributed by atoms with Crippen LogP contribution in [0.25, 0.3) is 0 Å². The highest BCUT2D eigenvalue weighted by atomic mass is 19.1. The second kappa shape index (κ2) is 8.82. The first-order valence-corrected chi connectivity index (χ1v) is 7.92. The van der Waals surface area contributed by atoms with Crippen LogP contribution in [0.15, 0.2) is 48.5 Å². The topological polar surface area (TPSA) is 58.6 Å². The van der Waals surface area contributed by atoms with Crippen LogP contribution in [0.4, 0.5) is 10.1 Å². The lowest BCUT2D eigenvalue weighted by atomic mass is 10.1. The van der Waals surface area contributed by atoms with Crippen molar-refractivity contribution in [3.8, 4) is 5.75 Å². The van der Waals surface area contributed by atoms with Crippen LogP contribution in [0.5, 0.6) is 5.75 Å². The van der Waals surface area contributed by atoms with Crippen molar-refractivity contribution in [3.05, 3.63) is 59.9 Å². The van der Waals surface area contributed by atoms with E-state index in [4.69, 9.17) is 4.74 Å². The monoisotopic (exact) mass is 344 g/mol. The molecule has 0 aliphatic heterocycles. The summed E-state index contributed by atoms with van der Waals surface area (Å²) in [5, 5.41) is 2.48. The van der Waals surface area contributed by atoms with Crippen molar-refractivity contribution in [2.24, 2.45) is 0 Å². The van der Waals surface area contributed by atoms with Crippen molar-refractivity contribution in [2.45, 2.75) is 13.3 Å². The maximum atomic E-state index is 13.6. The normalized spacial score (nSPS) is 10.2. The summed E-state index contributed by atoms with van der Waals surface area (Å²) in [4.78, 5) is 25.3. The van der Waals surface area contributed by atoms with Gasteiger partial charge in [-0.3, -0.25) is 9.59 Å². The lowest BCUT2D eigenvalue weighted by Crippen LogP contribution is -2.38. The van der Waals surface area contributed by atoms with Crippen LogP contribution in [-0.4, -0.2) is 36.9 Å². The Labute approximate surface area is 146 Å². The molecule has 0 fully saturated rings. The molecule has 25 heavy (non-hydrogen) atoms. The highest BCUT2D eigenvalue weighted by molar-refractivity contribution is 5.94. The zero-order valence-corrected chi connectivity index (χ0v) is 14.3. The zero-order chi connectivity index (χ0) is 18.2. The summed E-state index contributed by atoms with van der Waals surface area (Å²) >= 11 is 0. The molecule has 0 aromatic heterocycles. The van der Waals surface area contributed by atoms with Crippen molar-refractivity contribution in [3.63, 3.8) is 0 Å². The molecule has 2 amide bonds. The SMILES string of the molecule is COc1ccc(CCN(CC(=O)Nc2ccccc2F)C(C)=O)cc1. The first kappa shape index (κ1) is 18.4. The average molecular weight is 344 g/mol. The summed E-state index contributed by atoms with van der Waals surface area (Å²) in [6.45, 7) is 1.68. The summed E-state index contributed by atoms with van der Waals surface area (Å²) < 4.78 is 18.7. The van der Waals surface area contributed by atoms with Crippen molar-refractivity contribution >= 4 is 17.5 Å². The van der Waals surface area contributed by atoms with Gasteiger partial charge in [0, 0.05) is 13.5 Å². The fraction of sp³-hybridized carbons (Fsp3) is 0.263. The maximum absolute atomic E-state index is 13.6. The number of ether oxygens (including phenoxy) is 1. The molecule has 0 atom stereocenters. The number of amides is 2. The molecule has 0 spiro atoms. The number of hydrogen-bond donors (Lipinski definition) is 1. The third-order valence-corrected chi connectivity index (χ3v) is 3.76. The zero-order valence-electron chi connectivity index (χ0n) is 14.3. The number of carbonyl (C=O) groups excluding carboxylic acids is 2. The average Bonchev–Trinajstić information content (AvgIpc) is 2.60. The molecule has 132 valence electrons. The van der Waals surface area contributed by atoms with Crippen LogP contribution in [0.3, 0.4) is 0 Å². The largest absolute Gasteiger partial charge is 0.497 e. The third kappa shape index (κ3) is 5.60. The van der Waals surface area contributed by atoms with Crippen LogP contribution in [-0.2, 0) is 16.0 Å². The van der Waals surface area contributed by atoms with Gasteiger partial charge in [-0.25, -0.2) is 4.39 Å². The minimum atomic E-state index is -0.511. The summed E-state index contributed by atoms with van der Waals surface area (Å²) in [5.41, 5.74) is 1.13. The second-order valence-electron chi connectivity index (χ2n) is 5.57. The summed E-state index contributed by atoms with van der Waals surface area (Å²) in [7, 11) is 1.60. The van der Waals surface area contributed by atoms with E-state index >= 15 is 0 Å². The number of anilines is 1. The minimum Gasteiger partial charge on any atom is -0.497 e. The standard InChI is InChI=1S/C19H21FN2O3/c1-14(23)22(12-11-15-7-9-16(25-2)10-8-15)13-19(24)21-18-6-4-3-5-17(18)20/h3-10H,11-13H2,1-2H3,(H,21,24). The number of rotatable bonds is 7. The Bertz CT molecular complexity index is 732. The number of methoxy groups -OCH3 is 1. The Kier molecular flexibility index (Phi) is 6.51. The number of benzene rings is 2. The third-order valence-electron chi connectivity index (χ3n) is 3.76. The Morgan fingerprint density at radius 3 is 2.40 bits per heavy atom. The molecule has 0 aliphatic carbocycles. The number of para-hydroxylation sites is 1. The van der Waals surface area contributed by atoms with Gasteiger partial charge >= 0.3 is 0 Å². The van der Waals surface area contributed by atoms with Crippen LogP contribution < -0.4 is 10.1 Å². The Balaban J connectivity index is 1.92.